The quantitative estimate of drug-likeness (QED) is 0.436. The Bertz CT molecular complexity index is 1490. The lowest BCUT2D eigenvalue weighted by Gasteiger charge is -2.32. The fourth-order valence-corrected chi connectivity index (χ4v) is 4.19. The number of hydrogen-bond donors (Lipinski definition) is 1. The van der Waals surface area contributed by atoms with Gasteiger partial charge in [0.15, 0.2) is 0 Å². The van der Waals surface area contributed by atoms with Crippen LogP contribution in [-0.2, 0) is 6.42 Å². The summed E-state index contributed by atoms with van der Waals surface area (Å²) in [7, 11) is 0. The predicted molar refractivity (Wildman–Crippen MR) is 113 cm³/mol. The standard InChI is InChI=1S/C22H16F2N8O2/c23-19(24)12-4-3-8-32-16(12)10-15(30-32)18-17-13(26-11-27-17)6-9-31(18)22(33)21-29-28-20(34-21)14-5-1-2-7-25-14/h1-5,7-8,10-11,18-19H,6,9H2,(H,26,27)/t18-/m1/s1. The van der Waals surface area contributed by atoms with Gasteiger partial charge in [-0.3, -0.25) is 9.78 Å². The van der Waals surface area contributed by atoms with Gasteiger partial charge < -0.3 is 14.3 Å². The van der Waals surface area contributed by atoms with Gasteiger partial charge in [-0.2, -0.15) is 5.10 Å². The number of H-pyrrole nitrogens is 1. The number of nitrogens with zero attached hydrogens (tertiary/aromatic N) is 7. The average Bonchev–Trinajstić information content (AvgIpc) is 3.62. The third-order valence-corrected chi connectivity index (χ3v) is 5.75. The zero-order chi connectivity index (χ0) is 23.2. The highest BCUT2D eigenvalue weighted by Gasteiger charge is 2.38. The first-order chi connectivity index (χ1) is 16.6. The molecule has 34 heavy (non-hydrogen) atoms. The lowest BCUT2D eigenvalue weighted by atomic mass is 9.99. The summed E-state index contributed by atoms with van der Waals surface area (Å²) in [5.41, 5.74) is 2.40. The molecular formula is C22H16F2N8O2. The Balaban J connectivity index is 1.42. The molecule has 1 aliphatic heterocycles. The zero-order valence-electron chi connectivity index (χ0n) is 17.5. The van der Waals surface area contributed by atoms with E-state index in [1.165, 1.54) is 27.9 Å². The first-order valence-electron chi connectivity index (χ1n) is 10.4. The SMILES string of the molecule is O=C(c1nnc(-c2ccccn2)o1)N1CCc2[nH]cnc2[C@H]1c1cc2c(C(F)F)cccn2n1. The molecule has 12 heteroatoms. The van der Waals surface area contributed by atoms with Crippen molar-refractivity contribution in [2.75, 3.05) is 6.54 Å². The molecule has 0 saturated carbocycles. The maximum atomic E-state index is 13.6. The number of imidazole rings is 1. The molecule has 0 spiro atoms. The molecule has 0 radical (unpaired) electrons. The number of pyridine rings is 2. The summed E-state index contributed by atoms with van der Waals surface area (Å²) in [4.78, 5) is 26.6. The Labute approximate surface area is 190 Å². The topological polar surface area (TPSA) is 118 Å². The molecule has 0 saturated heterocycles. The van der Waals surface area contributed by atoms with Crippen molar-refractivity contribution < 1.29 is 18.0 Å². The van der Waals surface area contributed by atoms with Crippen molar-refractivity contribution in [1.29, 1.82) is 0 Å². The number of halogens is 2. The Kier molecular flexibility index (Phi) is 4.64. The first kappa shape index (κ1) is 20.1. The van der Waals surface area contributed by atoms with E-state index in [0.717, 1.165) is 5.69 Å². The van der Waals surface area contributed by atoms with Crippen LogP contribution in [0, 0.1) is 0 Å². The summed E-state index contributed by atoms with van der Waals surface area (Å²) in [5.74, 6) is -0.603. The van der Waals surface area contributed by atoms with Gasteiger partial charge >= 0.3 is 11.8 Å². The summed E-state index contributed by atoms with van der Waals surface area (Å²) >= 11 is 0. The van der Waals surface area contributed by atoms with Crippen LogP contribution in [-0.4, -0.2) is 52.1 Å². The Morgan fingerprint density at radius 1 is 1.18 bits per heavy atom. The second-order valence-corrected chi connectivity index (χ2v) is 7.71. The monoisotopic (exact) mass is 462 g/mol. The number of carbonyl (C=O) groups is 1. The van der Waals surface area contributed by atoms with Gasteiger partial charge in [0, 0.05) is 36.6 Å². The predicted octanol–water partition coefficient (Wildman–Crippen LogP) is 3.23. The second kappa shape index (κ2) is 7.83. The summed E-state index contributed by atoms with van der Waals surface area (Å²) in [6.07, 6.45) is 2.56. The maximum absolute atomic E-state index is 13.6. The van der Waals surface area contributed by atoms with Crippen LogP contribution >= 0.6 is 0 Å². The van der Waals surface area contributed by atoms with Crippen molar-refractivity contribution >= 4 is 11.4 Å². The van der Waals surface area contributed by atoms with Crippen LogP contribution in [0.3, 0.4) is 0 Å². The molecule has 5 aromatic heterocycles. The van der Waals surface area contributed by atoms with Crippen LogP contribution in [0.15, 0.2) is 59.5 Å². The minimum absolute atomic E-state index is 0.118. The molecule has 0 unspecified atom stereocenters. The number of nitrogens with one attached hydrogen (secondary N) is 1. The maximum Gasteiger partial charge on any atom is 0.312 e. The van der Waals surface area contributed by atoms with Gasteiger partial charge in [-0.15, -0.1) is 10.2 Å². The van der Waals surface area contributed by atoms with Crippen molar-refractivity contribution in [1.82, 2.24) is 39.7 Å². The van der Waals surface area contributed by atoms with E-state index < -0.39 is 18.4 Å². The largest absolute Gasteiger partial charge is 0.411 e. The fourth-order valence-electron chi connectivity index (χ4n) is 4.19. The minimum atomic E-state index is -2.67. The highest BCUT2D eigenvalue weighted by atomic mass is 19.3. The van der Waals surface area contributed by atoms with Crippen molar-refractivity contribution in [2.45, 2.75) is 18.9 Å². The summed E-state index contributed by atoms with van der Waals surface area (Å²) < 4.78 is 34.1. The molecule has 0 aliphatic carbocycles. The molecule has 0 aromatic carbocycles. The lowest BCUT2D eigenvalue weighted by Crippen LogP contribution is -2.41. The van der Waals surface area contributed by atoms with E-state index >= 15 is 0 Å². The number of rotatable bonds is 4. The molecule has 5 aromatic rings. The normalized spacial score (nSPS) is 15.7. The molecule has 1 atom stereocenters. The van der Waals surface area contributed by atoms with E-state index in [-0.39, 0.29) is 22.9 Å². The highest BCUT2D eigenvalue weighted by molar-refractivity contribution is 5.90. The van der Waals surface area contributed by atoms with E-state index in [1.807, 2.05) is 0 Å². The van der Waals surface area contributed by atoms with Crippen LogP contribution < -0.4 is 0 Å². The average molecular weight is 462 g/mol. The van der Waals surface area contributed by atoms with E-state index in [0.29, 0.717) is 30.0 Å². The number of alkyl halides is 2. The highest BCUT2D eigenvalue weighted by Crippen LogP contribution is 2.35. The third kappa shape index (κ3) is 3.22. The van der Waals surface area contributed by atoms with Gasteiger partial charge in [-0.25, -0.2) is 18.3 Å². The molecule has 1 N–H and O–H groups in total. The number of aromatic amines is 1. The molecule has 1 amide bonds. The van der Waals surface area contributed by atoms with Crippen LogP contribution in [0.4, 0.5) is 8.78 Å². The number of aromatic nitrogens is 7. The third-order valence-electron chi connectivity index (χ3n) is 5.75. The molecule has 0 fully saturated rings. The molecule has 170 valence electrons. The number of carbonyl (C=O) groups excluding carboxylic acids is 1. The number of hydrogen-bond acceptors (Lipinski definition) is 7. The van der Waals surface area contributed by atoms with Crippen LogP contribution in [0.1, 0.15) is 45.8 Å². The van der Waals surface area contributed by atoms with E-state index in [2.05, 4.69) is 30.2 Å². The van der Waals surface area contributed by atoms with Gasteiger partial charge in [0.05, 0.1) is 23.2 Å². The lowest BCUT2D eigenvalue weighted by molar-refractivity contribution is 0.0646. The molecule has 10 nitrogen and oxygen atoms in total. The number of amides is 1. The Morgan fingerprint density at radius 3 is 2.91 bits per heavy atom. The van der Waals surface area contributed by atoms with Crippen molar-refractivity contribution in [3.8, 4) is 11.6 Å². The Morgan fingerprint density at radius 2 is 2.09 bits per heavy atom. The molecule has 6 rings (SSSR count). The van der Waals surface area contributed by atoms with E-state index in [1.54, 1.807) is 36.7 Å². The summed E-state index contributed by atoms with van der Waals surface area (Å²) in [5, 5.41) is 12.4. The molecular weight excluding hydrogens is 446 g/mol. The van der Waals surface area contributed by atoms with Crippen molar-refractivity contribution in [3.05, 3.63) is 83.7 Å². The minimum Gasteiger partial charge on any atom is -0.411 e. The fraction of sp³-hybridized carbons (Fsp3) is 0.182. The zero-order valence-corrected chi connectivity index (χ0v) is 17.5. The van der Waals surface area contributed by atoms with Gasteiger partial charge in [0.2, 0.25) is 0 Å². The molecule has 0 bridgehead atoms. The van der Waals surface area contributed by atoms with E-state index in [4.69, 9.17) is 4.42 Å². The van der Waals surface area contributed by atoms with Crippen LogP contribution in [0.25, 0.3) is 17.1 Å². The van der Waals surface area contributed by atoms with Crippen LogP contribution in [0.5, 0.6) is 0 Å². The van der Waals surface area contributed by atoms with Crippen molar-refractivity contribution in [2.24, 2.45) is 0 Å². The van der Waals surface area contributed by atoms with Crippen LogP contribution in [0.2, 0.25) is 0 Å². The summed E-state index contributed by atoms with van der Waals surface area (Å²) in [6, 6.07) is 8.91. The van der Waals surface area contributed by atoms with Gasteiger partial charge in [-0.1, -0.05) is 6.07 Å². The van der Waals surface area contributed by atoms with Gasteiger partial charge in [-0.05, 0) is 30.3 Å². The second-order valence-electron chi connectivity index (χ2n) is 7.71. The summed E-state index contributed by atoms with van der Waals surface area (Å²) in [6.45, 7) is 0.315. The van der Waals surface area contributed by atoms with E-state index in [9.17, 15) is 13.6 Å². The molecule has 6 heterocycles. The first-order valence-corrected chi connectivity index (χ1v) is 10.4. The number of fused-ring (bicyclic) bond motifs is 2. The van der Waals surface area contributed by atoms with Crippen molar-refractivity contribution in [3.63, 3.8) is 0 Å². The smallest absolute Gasteiger partial charge is 0.312 e. The van der Waals surface area contributed by atoms with Gasteiger partial charge in [0.1, 0.15) is 11.7 Å². The Hall–Kier alpha value is -4.48. The van der Waals surface area contributed by atoms with Gasteiger partial charge in [0.25, 0.3) is 12.3 Å². The molecule has 1 aliphatic rings.